The number of halogens is 2. The standard InChI is InChI=1S/C14H15F2N3O/c15-11-5-1-3-9(13(11)16)7-12-18-14(19-20-12)10-4-2-6-17-8-10/h1,3,5,10,17H,2,4,6-8H2. The molecule has 106 valence electrons. The lowest BCUT2D eigenvalue weighted by molar-refractivity contribution is 0.364. The number of nitrogens with one attached hydrogen (secondary N) is 1. The molecule has 2 aromatic rings. The number of rotatable bonds is 3. The maximum atomic E-state index is 13.6. The van der Waals surface area contributed by atoms with Crippen molar-refractivity contribution >= 4 is 0 Å². The van der Waals surface area contributed by atoms with E-state index in [4.69, 9.17) is 4.52 Å². The zero-order chi connectivity index (χ0) is 13.9. The van der Waals surface area contributed by atoms with E-state index in [1.165, 1.54) is 12.1 Å². The molecule has 3 rings (SSSR count). The van der Waals surface area contributed by atoms with Gasteiger partial charge in [-0.3, -0.25) is 0 Å². The van der Waals surface area contributed by atoms with Crippen LogP contribution in [0.3, 0.4) is 0 Å². The van der Waals surface area contributed by atoms with Crippen LogP contribution in [0.15, 0.2) is 22.7 Å². The van der Waals surface area contributed by atoms with Crippen molar-refractivity contribution in [2.75, 3.05) is 13.1 Å². The van der Waals surface area contributed by atoms with Gasteiger partial charge in [-0.15, -0.1) is 0 Å². The first-order valence-electron chi connectivity index (χ1n) is 6.70. The fourth-order valence-corrected chi connectivity index (χ4v) is 2.43. The van der Waals surface area contributed by atoms with Gasteiger partial charge in [-0.2, -0.15) is 4.98 Å². The van der Waals surface area contributed by atoms with Gasteiger partial charge < -0.3 is 9.84 Å². The molecule has 1 N–H and O–H groups in total. The van der Waals surface area contributed by atoms with E-state index in [0.29, 0.717) is 11.7 Å². The molecule has 1 unspecified atom stereocenters. The molecule has 4 nitrogen and oxygen atoms in total. The first-order chi connectivity index (χ1) is 9.74. The van der Waals surface area contributed by atoms with Gasteiger partial charge >= 0.3 is 0 Å². The van der Waals surface area contributed by atoms with Crippen molar-refractivity contribution in [3.8, 4) is 0 Å². The maximum Gasteiger partial charge on any atom is 0.231 e. The van der Waals surface area contributed by atoms with Crippen LogP contribution in [0.1, 0.15) is 36.0 Å². The zero-order valence-corrected chi connectivity index (χ0v) is 10.9. The predicted molar refractivity (Wildman–Crippen MR) is 68.3 cm³/mol. The monoisotopic (exact) mass is 279 g/mol. The second-order valence-electron chi connectivity index (χ2n) is 4.98. The van der Waals surface area contributed by atoms with E-state index in [1.807, 2.05) is 0 Å². The van der Waals surface area contributed by atoms with Crippen LogP contribution in [0.5, 0.6) is 0 Å². The van der Waals surface area contributed by atoms with Gasteiger partial charge in [0, 0.05) is 18.0 Å². The van der Waals surface area contributed by atoms with E-state index in [2.05, 4.69) is 15.5 Å². The summed E-state index contributed by atoms with van der Waals surface area (Å²) in [6.45, 7) is 1.84. The maximum absolute atomic E-state index is 13.6. The lowest BCUT2D eigenvalue weighted by atomic mass is 9.99. The number of hydrogen-bond acceptors (Lipinski definition) is 4. The van der Waals surface area contributed by atoms with Crippen LogP contribution >= 0.6 is 0 Å². The fraction of sp³-hybridized carbons (Fsp3) is 0.429. The summed E-state index contributed by atoms with van der Waals surface area (Å²) < 4.78 is 31.8. The topological polar surface area (TPSA) is 51.0 Å². The summed E-state index contributed by atoms with van der Waals surface area (Å²) in [6.07, 6.45) is 2.20. The molecule has 1 atom stereocenters. The quantitative estimate of drug-likeness (QED) is 0.937. The van der Waals surface area contributed by atoms with Crippen molar-refractivity contribution in [1.29, 1.82) is 0 Å². The summed E-state index contributed by atoms with van der Waals surface area (Å²) in [5.41, 5.74) is 0.224. The van der Waals surface area contributed by atoms with Gasteiger partial charge in [-0.25, -0.2) is 8.78 Å². The third-order valence-electron chi connectivity index (χ3n) is 3.52. The summed E-state index contributed by atoms with van der Waals surface area (Å²) in [4.78, 5) is 4.29. The number of hydrogen-bond donors (Lipinski definition) is 1. The Labute approximate surface area is 115 Å². The van der Waals surface area contributed by atoms with Gasteiger partial charge in [-0.1, -0.05) is 17.3 Å². The molecule has 0 radical (unpaired) electrons. The van der Waals surface area contributed by atoms with Gasteiger partial charge in [0.15, 0.2) is 17.5 Å². The van der Waals surface area contributed by atoms with Crippen molar-refractivity contribution in [2.45, 2.75) is 25.2 Å². The van der Waals surface area contributed by atoms with E-state index in [9.17, 15) is 8.78 Å². The molecule has 6 heteroatoms. The van der Waals surface area contributed by atoms with Crippen molar-refractivity contribution in [2.24, 2.45) is 0 Å². The van der Waals surface area contributed by atoms with E-state index >= 15 is 0 Å². The van der Waals surface area contributed by atoms with Gasteiger partial charge in [-0.05, 0) is 25.5 Å². The Kier molecular flexibility index (Phi) is 3.73. The van der Waals surface area contributed by atoms with Gasteiger partial charge in [0.1, 0.15) is 0 Å². The van der Waals surface area contributed by atoms with Crippen molar-refractivity contribution in [3.63, 3.8) is 0 Å². The summed E-state index contributed by atoms with van der Waals surface area (Å²) in [5.74, 6) is -0.525. The summed E-state index contributed by atoms with van der Waals surface area (Å²) in [7, 11) is 0. The molecule has 0 saturated carbocycles. The molecular weight excluding hydrogens is 264 g/mol. The van der Waals surface area contributed by atoms with Crippen LogP contribution in [0, 0.1) is 11.6 Å². The average Bonchev–Trinajstić information content (AvgIpc) is 2.93. The molecule has 1 aliphatic heterocycles. The molecule has 0 amide bonds. The van der Waals surface area contributed by atoms with E-state index < -0.39 is 11.6 Å². The second-order valence-corrected chi connectivity index (χ2v) is 4.98. The highest BCUT2D eigenvalue weighted by Gasteiger charge is 2.21. The Morgan fingerprint density at radius 2 is 2.25 bits per heavy atom. The molecular formula is C14H15F2N3O. The SMILES string of the molecule is Fc1cccc(Cc2nc(C3CCCNC3)no2)c1F. The van der Waals surface area contributed by atoms with Gasteiger partial charge in [0.05, 0.1) is 6.42 Å². The van der Waals surface area contributed by atoms with Gasteiger partial charge in [0.2, 0.25) is 5.89 Å². The minimum atomic E-state index is -0.862. The van der Waals surface area contributed by atoms with Crippen LogP contribution in [-0.4, -0.2) is 23.2 Å². The molecule has 1 saturated heterocycles. The zero-order valence-electron chi connectivity index (χ0n) is 10.9. The first kappa shape index (κ1) is 13.2. The normalized spacial score (nSPS) is 19.2. The smallest absolute Gasteiger partial charge is 0.231 e. The molecule has 1 aromatic heterocycles. The summed E-state index contributed by atoms with van der Waals surface area (Å²) in [6, 6.07) is 4.08. The molecule has 0 bridgehead atoms. The highest BCUT2D eigenvalue weighted by atomic mass is 19.2. The number of aromatic nitrogens is 2. The van der Waals surface area contributed by atoms with Crippen molar-refractivity contribution in [1.82, 2.24) is 15.5 Å². The lowest BCUT2D eigenvalue weighted by Crippen LogP contribution is -2.28. The molecule has 1 aromatic carbocycles. The van der Waals surface area contributed by atoms with E-state index in [1.54, 1.807) is 0 Å². The molecule has 0 spiro atoms. The Morgan fingerprint density at radius 3 is 3.05 bits per heavy atom. The number of piperidine rings is 1. The molecule has 2 heterocycles. The third-order valence-corrected chi connectivity index (χ3v) is 3.52. The van der Waals surface area contributed by atoms with Gasteiger partial charge in [0.25, 0.3) is 0 Å². The minimum Gasteiger partial charge on any atom is -0.339 e. The van der Waals surface area contributed by atoms with Crippen LogP contribution in [0.4, 0.5) is 8.78 Å². The van der Waals surface area contributed by atoms with Crippen LogP contribution < -0.4 is 5.32 Å². The first-order valence-corrected chi connectivity index (χ1v) is 6.70. The Morgan fingerprint density at radius 1 is 1.35 bits per heavy atom. The molecule has 1 fully saturated rings. The minimum absolute atomic E-state index is 0.108. The molecule has 20 heavy (non-hydrogen) atoms. The average molecular weight is 279 g/mol. The lowest BCUT2D eigenvalue weighted by Gasteiger charge is -2.19. The van der Waals surface area contributed by atoms with E-state index in [0.717, 1.165) is 32.0 Å². The third kappa shape index (κ3) is 2.70. The summed E-state index contributed by atoms with van der Waals surface area (Å²) in [5, 5.41) is 7.22. The highest BCUT2D eigenvalue weighted by molar-refractivity contribution is 5.21. The summed E-state index contributed by atoms with van der Waals surface area (Å²) >= 11 is 0. The second kappa shape index (κ2) is 5.66. The Balaban J connectivity index is 1.75. The largest absolute Gasteiger partial charge is 0.339 e. The fourth-order valence-electron chi connectivity index (χ4n) is 2.43. The van der Waals surface area contributed by atoms with Crippen molar-refractivity contribution < 1.29 is 13.3 Å². The van der Waals surface area contributed by atoms with Crippen LogP contribution in [-0.2, 0) is 6.42 Å². The molecule has 1 aliphatic rings. The Hall–Kier alpha value is -1.82. The van der Waals surface area contributed by atoms with Crippen LogP contribution in [0.25, 0.3) is 0 Å². The predicted octanol–water partition coefficient (Wildman–Crippen LogP) is 2.41. The van der Waals surface area contributed by atoms with Crippen molar-refractivity contribution in [3.05, 3.63) is 47.1 Å². The highest BCUT2D eigenvalue weighted by Crippen LogP contribution is 2.21. The Bertz CT molecular complexity index is 594. The number of nitrogens with zero attached hydrogens (tertiary/aromatic N) is 2. The molecule has 0 aliphatic carbocycles. The number of benzene rings is 1. The van der Waals surface area contributed by atoms with Crippen LogP contribution in [0.2, 0.25) is 0 Å². The van der Waals surface area contributed by atoms with E-state index in [-0.39, 0.29) is 17.9 Å².